The van der Waals surface area contributed by atoms with Crippen LogP contribution < -0.4 is 5.73 Å². The summed E-state index contributed by atoms with van der Waals surface area (Å²) in [6, 6.07) is 3.90. The van der Waals surface area contributed by atoms with Gasteiger partial charge in [0.15, 0.2) is 9.84 Å². The van der Waals surface area contributed by atoms with Crippen LogP contribution in [0.25, 0.3) is 0 Å². The molecule has 0 radical (unpaired) electrons. The van der Waals surface area contributed by atoms with Crippen molar-refractivity contribution in [3.05, 3.63) is 21.3 Å². The lowest BCUT2D eigenvalue weighted by atomic mass is 10.2. The van der Waals surface area contributed by atoms with Crippen molar-refractivity contribution in [2.24, 2.45) is 5.73 Å². The summed E-state index contributed by atoms with van der Waals surface area (Å²) in [5.74, 6) is 0.450. The minimum Gasteiger partial charge on any atom is -0.329 e. The van der Waals surface area contributed by atoms with Gasteiger partial charge < -0.3 is 5.73 Å². The number of thiophene rings is 1. The van der Waals surface area contributed by atoms with E-state index in [1.54, 1.807) is 0 Å². The van der Waals surface area contributed by atoms with Crippen LogP contribution in [0.5, 0.6) is 0 Å². The van der Waals surface area contributed by atoms with E-state index in [0.29, 0.717) is 19.6 Å². The fraction of sp³-hybridized carbons (Fsp3) is 0.600. The lowest BCUT2D eigenvalue weighted by molar-refractivity contribution is 0.222. The molecule has 0 spiro atoms. The maximum atomic E-state index is 11.4. The molecule has 0 bridgehead atoms. The van der Waals surface area contributed by atoms with E-state index in [-0.39, 0.29) is 17.5 Å². The molecule has 2 N–H and O–H groups in total. The molecule has 4 nitrogen and oxygen atoms in total. The number of nitrogens with two attached hydrogens (primary N) is 1. The first kappa shape index (κ1) is 13.3. The Morgan fingerprint density at radius 3 is 2.53 bits per heavy atom. The van der Waals surface area contributed by atoms with Crippen molar-refractivity contribution in [1.82, 2.24) is 4.90 Å². The zero-order valence-electron chi connectivity index (χ0n) is 9.30. The van der Waals surface area contributed by atoms with Crippen LogP contribution in [0.3, 0.4) is 0 Å². The average Bonchev–Trinajstić information content (AvgIpc) is 2.68. The van der Waals surface area contributed by atoms with Crippen LogP contribution in [0.2, 0.25) is 4.34 Å². The Kier molecular flexibility index (Phi) is 4.10. The van der Waals surface area contributed by atoms with Crippen molar-refractivity contribution in [1.29, 1.82) is 0 Å². The van der Waals surface area contributed by atoms with E-state index in [1.807, 2.05) is 12.1 Å². The standard InChI is InChI=1S/C10H15ClN2O2S2/c11-10-2-1-9(16-10)8(7-12)13-3-5-17(14,15)6-4-13/h1-2,8H,3-7,12H2. The molecule has 0 saturated carbocycles. The Morgan fingerprint density at radius 1 is 1.41 bits per heavy atom. The third kappa shape index (κ3) is 3.20. The molecule has 1 aromatic rings. The maximum absolute atomic E-state index is 11.4. The van der Waals surface area contributed by atoms with Gasteiger partial charge in [-0.05, 0) is 12.1 Å². The van der Waals surface area contributed by atoms with Gasteiger partial charge >= 0.3 is 0 Å². The zero-order valence-corrected chi connectivity index (χ0v) is 11.7. The van der Waals surface area contributed by atoms with Crippen LogP contribution in [-0.4, -0.2) is 44.5 Å². The molecule has 7 heteroatoms. The third-order valence-electron chi connectivity index (χ3n) is 2.97. The van der Waals surface area contributed by atoms with Crippen molar-refractivity contribution in [3.63, 3.8) is 0 Å². The van der Waals surface area contributed by atoms with E-state index in [9.17, 15) is 8.42 Å². The van der Waals surface area contributed by atoms with Crippen LogP contribution in [0.4, 0.5) is 0 Å². The van der Waals surface area contributed by atoms with E-state index in [2.05, 4.69) is 4.90 Å². The van der Waals surface area contributed by atoms with Gasteiger partial charge in [-0.3, -0.25) is 4.90 Å². The van der Waals surface area contributed by atoms with Gasteiger partial charge in [0.25, 0.3) is 0 Å². The average molecular weight is 295 g/mol. The molecular formula is C10H15ClN2O2S2. The Bertz CT molecular complexity index is 472. The molecule has 0 amide bonds. The minimum atomic E-state index is -2.84. The molecular weight excluding hydrogens is 280 g/mol. The van der Waals surface area contributed by atoms with E-state index < -0.39 is 9.84 Å². The lowest BCUT2D eigenvalue weighted by Crippen LogP contribution is -2.44. The molecule has 2 rings (SSSR count). The summed E-state index contributed by atoms with van der Waals surface area (Å²) in [5, 5.41) is 0. The smallest absolute Gasteiger partial charge is 0.152 e. The molecule has 1 aromatic heterocycles. The predicted molar refractivity (Wildman–Crippen MR) is 71.4 cm³/mol. The molecule has 0 aliphatic carbocycles. The number of rotatable bonds is 3. The van der Waals surface area contributed by atoms with E-state index >= 15 is 0 Å². The topological polar surface area (TPSA) is 63.4 Å². The summed E-state index contributed by atoms with van der Waals surface area (Å²) in [4.78, 5) is 3.24. The summed E-state index contributed by atoms with van der Waals surface area (Å²) < 4.78 is 23.5. The second-order valence-corrected chi connectivity index (χ2v) is 8.13. The Morgan fingerprint density at radius 2 is 2.06 bits per heavy atom. The summed E-state index contributed by atoms with van der Waals surface area (Å²) in [6.45, 7) is 1.59. The number of nitrogens with zero attached hydrogens (tertiary/aromatic N) is 1. The Hall–Kier alpha value is -0.140. The van der Waals surface area contributed by atoms with Crippen molar-refractivity contribution in [2.75, 3.05) is 31.1 Å². The Labute approximate surface area is 110 Å². The highest BCUT2D eigenvalue weighted by Gasteiger charge is 2.27. The highest BCUT2D eigenvalue weighted by Crippen LogP contribution is 2.30. The van der Waals surface area contributed by atoms with Crippen molar-refractivity contribution in [2.45, 2.75) is 6.04 Å². The van der Waals surface area contributed by atoms with Crippen LogP contribution in [0.15, 0.2) is 12.1 Å². The normalized spacial score (nSPS) is 22.5. The van der Waals surface area contributed by atoms with Crippen LogP contribution in [0.1, 0.15) is 10.9 Å². The van der Waals surface area contributed by atoms with Gasteiger partial charge in [-0.15, -0.1) is 11.3 Å². The fourth-order valence-electron chi connectivity index (χ4n) is 1.99. The van der Waals surface area contributed by atoms with Crippen LogP contribution >= 0.6 is 22.9 Å². The molecule has 1 unspecified atom stereocenters. The van der Waals surface area contributed by atoms with Crippen molar-refractivity contribution < 1.29 is 8.42 Å². The molecule has 1 saturated heterocycles. The van der Waals surface area contributed by atoms with Crippen LogP contribution in [0, 0.1) is 0 Å². The van der Waals surface area contributed by atoms with Gasteiger partial charge in [-0.25, -0.2) is 8.42 Å². The second-order valence-electron chi connectivity index (χ2n) is 4.08. The molecule has 1 aliphatic rings. The summed E-state index contributed by atoms with van der Waals surface area (Å²) >= 11 is 7.42. The SMILES string of the molecule is NCC(c1ccc(Cl)s1)N1CCS(=O)(=O)CC1. The van der Waals surface area contributed by atoms with E-state index in [4.69, 9.17) is 17.3 Å². The highest BCUT2D eigenvalue weighted by atomic mass is 35.5. The van der Waals surface area contributed by atoms with Gasteiger partial charge in [-0.2, -0.15) is 0 Å². The highest BCUT2D eigenvalue weighted by molar-refractivity contribution is 7.91. The molecule has 2 heterocycles. The number of hydrogen-bond acceptors (Lipinski definition) is 5. The largest absolute Gasteiger partial charge is 0.329 e. The maximum Gasteiger partial charge on any atom is 0.152 e. The first-order chi connectivity index (χ1) is 8.02. The molecule has 17 heavy (non-hydrogen) atoms. The van der Waals surface area contributed by atoms with Gasteiger partial charge in [-0.1, -0.05) is 11.6 Å². The molecule has 1 fully saturated rings. The zero-order chi connectivity index (χ0) is 12.5. The summed E-state index contributed by atoms with van der Waals surface area (Å²) in [7, 11) is -2.84. The van der Waals surface area contributed by atoms with Crippen molar-refractivity contribution >= 4 is 32.8 Å². The molecule has 96 valence electrons. The fourth-order valence-corrected chi connectivity index (χ4v) is 4.43. The molecule has 1 aliphatic heterocycles. The van der Waals surface area contributed by atoms with Gasteiger partial charge in [0, 0.05) is 24.5 Å². The monoisotopic (exact) mass is 294 g/mol. The van der Waals surface area contributed by atoms with E-state index in [1.165, 1.54) is 11.3 Å². The predicted octanol–water partition coefficient (Wildman–Crippen LogP) is 1.13. The number of hydrogen-bond donors (Lipinski definition) is 1. The first-order valence-electron chi connectivity index (χ1n) is 5.41. The minimum absolute atomic E-state index is 0.0861. The van der Waals surface area contributed by atoms with E-state index in [0.717, 1.165) is 9.21 Å². The lowest BCUT2D eigenvalue weighted by Gasteiger charge is -2.33. The molecule has 1 atom stereocenters. The van der Waals surface area contributed by atoms with Gasteiger partial charge in [0.1, 0.15) is 0 Å². The summed E-state index contributed by atoms with van der Waals surface area (Å²) in [5.41, 5.74) is 5.78. The van der Waals surface area contributed by atoms with Crippen LogP contribution in [-0.2, 0) is 9.84 Å². The van der Waals surface area contributed by atoms with Gasteiger partial charge in [0.05, 0.1) is 21.9 Å². The quantitative estimate of drug-likeness (QED) is 0.908. The number of halogens is 1. The third-order valence-corrected chi connectivity index (χ3v) is 5.91. The van der Waals surface area contributed by atoms with Crippen molar-refractivity contribution in [3.8, 4) is 0 Å². The number of sulfone groups is 1. The molecule has 0 aromatic carbocycles. The first-order valence-corrected chi connectivity index (χ1v) is 8.43. The Balaban J connectivity index is 2.10. The van der Waals surface area contributed by atoms with Gasteiger partial charge in [0.2, 0.25) is 0 Å². The second kappa shape index (κ2) is 5.24. The summed E-state index contributed by atoms with van der Waals surface area (Å²) in [6.07, 6.45) is 0.